The number of carbonyl (C=O) groups excluding carboxylic acids is 1. The van der Waals surface area contributed by atoms with Gasteiger partial charge >= 0.3 is 0 Å². The Hall–Kier alpha value is -1.58. The Labute approximate surface area is 115 Å². The van der Waals surface area contributed by atoms with E-state index in [0.29, 0.717) is 11.5 Å². The second kappa shape index (κ2) is 6.55. The van der Waals surface area contributed by atoms with Crippen LogP contribution in [0.1, 0.15) is 43.0 Å². The smallest absolute Gasteiger partial charge is 0.254 e. The third kappa shape index (κ3) is 3.69. The van der Waals surface area contributed by atoms with Gasteiger partial charge in [0.1, 0.15) is 0 Å². The first-order valence-electron chi connectivity index (χ1n) is 7.10. The molecule has 1 saturated carbocycles. The molecule has 0 aliphatic heterocycles. The maximum Gasteiger partial charge on any atom is 0.254 e. The van der Waals surface area contributed by atoms with E-state index >= 15 is 0 Å². The normalized spacial score (nSPS) is 22.8. The lowest BCUT2D eigenvalue weighted by Gasteiger charge is -2.26. The van der Waals surface area contributed by atoms with Gasteiger partial charge in [0.15, 0.2) is 0 Å². The first kappa shape index (κ1) is 13.8. The number of hydrogen-bond acceptors (Lipinski definition) is 3. The van der Waals surface area contributed by atoms with Gasteiger partial charge in [0.25, 0.3) is 5.91 Å². The highest BCUT2D eigenvalue weighted by atomic mass is 16.1. The van der Waals surface area contributed by atoms with Crippen molar-refractivity contribution in [1.82, 2.24) is 10.3 Å². The van der Waals surface area contributed by atoms with Crippen molar-refractivity contribution in [3.63, 3.8) is 0 Å². The fraction of sp³-hybridized carbons (Fsp3) is 0.600. The summed E-state index contributed by atoms with van der Waals surface area (Å²) in [4.78, 5) is 16.2. The molecule has 4 heteroatoms. The molecule has 4 nitrogen and oxygen atoms in total. The number of pyridine rings is 1. The Balaban J connectivity index is 1.87. The van der Waals surface area contributed by atoms with Crippen LogP contribution in [0.2, 0.25) is 0 Å². The third-order valence-corrected chi connectivity index (χ3v) is 4.02. The van der Waals surface area contributed by atoms with E-state index in [-0.39, 0.29) is 5.91 Å². The van der Waals surface area contributed by atoms with Gasteiger partial charge < -0.3 is 10.6 Å². The lowest BCUT2D eigenvalue weighted by molar-refractivity contribution is 0.0942. The van der Waals surface area contributed by atoms with E-state index in [1.54, 1.807) is 12.4 Å². The van der Waals surface area contributed by atoms with Crippen LogP contribution >= 0.6 is 0 Å². The zero-order chi connectivity index (χ0) is 13.7. The molecule has 0 saturated heterocycles. The Kier molecular flexibility index (Phi) is 4.77. The minimum absolute atomic E-state index is 0.0314. The van der Waals surface area contributed by atoms with Crippen molar-refractivity contribution < 1.29 is 4.79 Å². The van der Waals surface area contributed by atoms with Gasteiger partial charge in [-0.2, -0.15) is 0 Å². The fourth-order valence-corrected chi connectivity index (χ4v) is 2.66. The van der Waals surface area contributed by atoms with Crippen molar-refractivity contribution in [3.8, 4) is 0 Å². The number of rotatable bonds is 4. The summed E-state index contributed by atoms with van der Waals surface area (Å²) in [5, 5.41) is 6.06. The number of nitrogens with one attached hydrogen (secondary N) is 2. The molecule has 0 aromatic carbocycles. The molecule has 2 rings (SSSR count). The number of amides is 1. The first-order chi connectivity index (χ1) is 9.20. The van der Waals surface area contributed by atoms with Crippen molar-refractivity contribution >= 4 is 11.6 Å². The number of carbonyl (C=O) groups is 1. The molecule has 0 spiro atoms. The van der Waals surface area contributed by atoms with Gasteiger partial charge in [0.05, 0.1) is 5.56 Å². The van der Waals surface area contributed by atoms with Gasteiger partial charge in [-0.25, -0.2) is 0 Å². The first-order valence-corrected chi connectivity index (χ1v) is 7.10. The number of anilines is 1. The van der Waals surface area contributed by atoms with E-state index in [1.165, 1.54) is 25.7 Å². The summed E-state index contributed by atoms with van der Waals surface area (Å²) in [5.74, 6) is 1.45. The molecule has 0 atom stereocenters. The van der Waals surface area contributed by atoms with Crippen LogP contribution in [0.25, 0.3) is 0 Å². The summed E-state index contributed by atoms with van der Waals surface area (Å²) in [7, 11) is 1.81. The van der Waals surface area contributed by atoms with E-state index in [4.69, 9.17) is 0 Å². The Morgan fingerprint density at radius 3 is 2.79 bits per heavy atom. The minimum atomic E-state index is -0.0314. The van der Waals surface area contributed by atoms with Gasteiger partial charge in [0, 0.05) is 31.7 Å². The molecule has 1 aliphatic carbocycles. The van der Waals surface area contributed by atoms with Crippen LogP contribution in [0.5, 0.6) is 0 Å². The summed E-state index contributed by atoms with van der Waals surface area (Å²) in [6, 6.07) is 1.82. The highest BCUT2D eigenvalue weighted by Gasteiger charge is 2.19. The second-order valence-electron chi connectivity index (χ2n) is 5.51. The summed E-state index contributed by atoms with van der Waals surface area (Å²) >= 11 is 0. The molecule has 1 heterocycles. The highest BCUT2D eigenvalue weighted by Crippen LogP contribution is 2.27. The molecule has 0 unspecified atom stereocenters. The largest absolute Gasteiger partial charge is 0.387 e. The van der Waals surface area contributed by atoms with Crippen molar-refractivity contribution in [3.05, 3.63) is 24.0 Å². The monoisotopic (exact) mass is 261 g/mol. The highest BCUT2D eigenvalue weighted by molar-refractivity contribution is 5.99. The molecule has 2 N–H and O–H groups in total. The van der Waals surface area contributed by atoms with Crippen molar-refractivity contribution in [2.45, 2.75) is 32.6 Å². The second-order valence-corrected chi connectivity index (χ2v) is 5.51. The van der Waals surface area contributed by atoms with E-state index in [1.807, 2.05) is 13.1 Å². The van der Waals surface area contributed by atoms with E-state index in [9.17, 15) is 4.79 Å². The van der Waals surface area contributed by atoms with Crippen LogP contribution < -0.4 is 10.6 Å². The topological polar surface area (TPSA) is 54.0 Å². The SMILES string of the molecule is CNc1ccncc1C(=O)NCC1CCC(C)CC1. The van der Waals surface area contributed by atoms with Gasteiger partial charge in [-0.3, -0.25) is 9.78 Å². The van der Waals surface area contributed by atoms with E-state index in [2.05, 4.69) is 22.5 Å². The average Bonchev–Trinajstić information content (AvgIpc) is 2.46. The summed E-state index contributed by atoms with van der Waals surface area (Å²) in [6.07, 6.45) is 8.33. The maximum atomic E-state index is 12.1. The van der Waals surface area contributed by atoms with E-state index in [0.717, 1.165) is 18.2 Å². The average molecular weight is 261 g/mol. The maximum absolute atomic E-state index is 12.1. The van der Waals surface area contributed by atoms with Gasteiger partial charge in [0.2, 0.25) is 0 Å². The number of aromatic nitrogens is 1. The van der Waals surface area contributed by atoms with Crippen LogP contribution in [0.3, 0.4) is 0 Å². The Bertz CT molecular complexity index is 425. The van der Waals surface area contributed by atoms with Crippen LogP contribution in [0.15, 0.2) is 18.5 Å². The molecular formula is C15H23N3O. The van der Waals surface area contributed by atoms with Crippen molar-refractivity contribution in [1.29, 1.82) is 0 Å². The molecule has 0 bridgehead atoms. The molecule has 1 amide bonds. The lowest BCUT2D eigenvalue weighted by atomic mass is 9.83. The number of nitrogens with zero attached hydrogens (tertiary/aromatic N) is 1. The lowest BCUT2D eigenvalue weighted by Crippen LogP contribution is -2.31. The van der Waals surface area contributed by atoms with Gasteiger partial charge in [-0.15, -0.1) is 0 Å². The van der Waals surface area contributed by atoms with Crippen LogP contribution in [0, 0.1) is 11.8 Å². The zero-order valence-electron chi connectivity index (χ0n) is 11.8. The minimum Gasteiger partial charge on any atom is -0.387 e. The molecule has 1 fully saturated rings. The zero-order valence-corrected chi connectivity index (χ0v) is 11.8. The van der Waals surface area contributed by atoms with Crippen LogP contribution in [0.4, 0.5) is 5.69 Å². The predicted molar refractivity (Wildman–Crippen MR) is 77.2 cm³/mol. The summed E-state index contributed by atoms with van der Waals surface area (Å²) in [5.41, 5.74) is 1.44. The molecular weight excluding hydrogens is 238 g/mol. The van der Waals surface area contributed by atoms with Crippen molar-refractivity contribution in [2.75, 3.05) is 18.9 Å². The Morgan fingerprint density at radius 2 is 2.11 bits per heavy atom. The van der Waals surface area contributed by atoms with Crippen LogP contribution in [-0.2, 0) is 0 Å². The van der Waals surface area contributed by atoms with Gasteiger partial charge in [-0.05, 0) is 30.7 Å². The third-order valence-electron chi connectivity index (χ3n) is 4.02. The summed E-state index contributed by atoms with van der Waals surface area (Å²) < 4.78 is 0. The number of hydrogen-bond donors (Lipinski definition) is 2. The molecule has 104 valence electrons. The van der Waals surface area contributed by atoms with Gasteiger partial charge in [-0.1, -0.05) is 19.8 Å². The quantitative estimate of drug-likeness (QED) is 0.876. The molecule has 1 aliphatic rings. The molecule has 0 radical (unpaired) electrons. The molecule has 1 aromatic heterocycles. The predicted octanol–water partition coefficient (Wildman–Crippen LogP) is 2.68. The van der Waals surface area contributed by atoms with Crippen molar-refractivity contribution in [2.24, 2.45) is 11.8 Å². The van der Waals surface area contributed by atoms with E-state index < -0.39 is 0 Å². The fourth-order valence-electron chi connectivity index (χ4n) is 2.66. The van der Waals surface area contributed by atoms with Crippen LogP contribution in [-0.4, -0.2) is 24.5 Å². The standard InChI is InChI=1S/C15H23N3O/c1-11-3-5-12(6-4-11)9-18-15(19)13-10-17-8-7-14(13)16-2/h7-8,10-12H,3-6,9H2,1-2H3,(H,16,17)(H,18,19). The summed E-state index contributed by atoms with van der Waals surface area (Å²) in [6.45, 7) is 3.09. The molecule has 1 aromatic rings. The Morgan fingerprint density at radius 1 is 1.37 bits per heavy atom. The molecule has 19 heavy (non-hydrogen) atoms.